The summed E-state index contributed by atoms with van der Waals surface area (Å²) in [5, 5.41) is 0.548. The van der Waals surface area contributed by atoms with Crippen LogP contribution in [0.3, 0.4) is 0 Å². The van der Waals surface area contributed by atoms with E-state index >= 15 is 0 Å². The standard InChI is InChI=1S/C24H32ClF3N4/c1-4-9-30(14-18-7-5-8-18)15-20-22(24(26,27)28)29-23-31(20)10-6-11-32(23)21-17(3)12-16(2)13-19(21)25/h12-13,18H,4-11,14-15H2,1-3H3. The number of aryl methyl sites for hydroxylation is 2. The molecule has 0 bridgehead atoms. The molecular weight excluding hydrogens is 437 g/mol. The fourth-order valence-corrected chi connectivity index (χ4v) is 5.48. The fraction of sp³-hybridized carbons (Fsp3) is 0.625. The Morgan fingerprint density at radius 1 is 1.16 bits per heavy atom. The number of benzene rings is 1. The average molecular weight is 469 g/mol. The van der Waals surface area contributed by atoms with Crippen molar-refractivity contribution in [1.29, 1.82) is 0 Å². The lowest BCUT2D eigenvalue weighted by molar-refractivity contribution is -0.141. The summed E-state index contributed by atoms with van der Waals surface area (Å²) in [5.74, 6) is 0.956. The number of hydrogen-bond acceptors (Lipinski definition) is 3. The van der Waals surface area contributed by atoms with Crippen LogP contribution in [0.4, 0.5) is 24.8 Å². The van der Waals surface area contributed by atoms with Gasteiger partial charge in [0.15, 0.2) is 5.69 Å². The Morgan fingerprint density at radius 3 is 2.50 bits per heavy atom. The van der Waals surface area contributed by atoms with E-state index in [4.69, 9.17) is 11.6 Å². The molecule has 8 heteroatoms. The summed E-state index contributed by atoms with van der Waals surface area (Å²) in [5.41, 5.74) is 2.25. The van der Waals surface area contributed by atoms with E-state index in [1.807, 2.05) is 30.9 Å². The number of alkyl halides is 3. The number of rotatable bonds is 7. The Morgan fingerprint density at radius 2 is 1.91 bits per heavy atom. The zero-order valence-corrected chi connectivity index (χ0v) is 19.9. The molecule has 0 N–H and O–H groups in total. The minimum atomic E-state index is -4.49. The maximum atomic E-state index is 14.1. The molecule has 0 unspecified atom stereocenters. The van der Waals surface area contributed by atoms with Gasteiger partial charge in [-0.3, -0.25) is 4.90 Å². The molecule has 1 saturated carbocycles. The van der Waals surface area contributed by atoms with Crippen molar-refractivity contribution in [2.75, 3.05) is 24.5 Å². The highest BCUT2D eigenvalue weighted by atomic mass is 35.5. The van der Waals surface area contributed by atoms with Crippen LogP contribution < -0.4 is 4.90 Å². The summed E-state index contributed by atoms with van der Waals surface area (Å²) in [4.78, 5) is 8.25. The maximum absolute atomic E-state index is 14.1. The summed E-state index contributed by atoms with van der Waals surface area (Å²) < 4.78 is 44.1. The van der Waals surface area contributed by atoms with Gasteiger partial charge >= 0.3 is 6.18 Å². The summed E-state index contributed by atoms with van der Waals surface area (Å²) in [6, 6.07) is 3.87. The van der Waals surface area contributed by atoms with Gasteiger partial charge in [-0.2, -0.15) is 13.2 Å². The third kappa shape index (κ3) is 4.65. The lowest BCUT2D eigenvalue weighted by Gasteiger charge is -2.34. The van der Waals surface area contributed by atoms with Gasteiger partial charge in [0, 0.05) is 26.2 Å². The molecule has 32 heavy (non-hydrogen) atoms. The maximum Gasteiger partial charge on any atom is 0.435 e. The third-order valence-electron chi connectivity index (χ3n) is 6.65. The molecule has 1 aromatic carbocycles. The van der Waals surface area contributed by atoms with Gasteiger partial charge in [0.05, 0.1) is 16.4 Å². The minimum absolute atomic E-state index is 0.278. The van der Waals surface area contributed by atoms with Crippen LogP contribution in [0.25, 0.3) is 0 Å². The normalized spacial score (nSPS) is 17.1. The zero-order chi connectivity index (χ0) is 23.0. The van der Waals surface area contributed by atoms with Gasteiger partial charge in [0.1, 0.15) is 0 Å². The fourth-order valence-electron chi connectivity index (χ4n) is 5.05. The van der Waals surface area contributed by atoms with Crippen molar-refractivity contribution in [3.05, 3.63) is 39.7 Å². The molecule has 0 saturated heterocycles. The van der Waals surface area contributed by atoms with Crippen molar-refractivity contribution < 1.29 is 13.2 Å². The number of hydrogen-bond donors (Lipinski definition) is 0. The van der Waals surface area contributed by atoms with Gasteiger partial charge in [-0.15, -0.1) is 0 Å². The molecule has 0 radical (unpaired) electrons. The van der Waals surface area contributed by atoms with E-state index in [1.54, 1.807) is 4.57 Å². The summed E-state index contributed by atoms with van der Waals surface area (Å²) in [6.45, 7) is 9.05. The van der Waals surface area contributed by atoms with Crippen LogP contribution in [0.5, 0.6) is 0 Å². The smallest absolute Gasteiger partial charge is 0.312 e. The first-order valence-corrected chi connectivity index (χ1v) is 12.0. The van der Waals surface area contributed by atoms with E-state index in [0.717, 1.165) is 42.7 Å². The number of aromatic nitrogens is 2. The highest BCUT2D eigenvalue weighted by Gasteiger charge is 2.41. The van der Waals surface area contributed by atoms with Gasteiger partial charge < -0.3 is 9.47 Å². The number of anilines is 2. The van der Waals surface area contributed by atoms with Gasteiger partial charge in [0.2, 0.25) is 5.95 Å². The van der Waals surface area contributed by atoms with E-state index in [9.17, 15) is 13.2 Å². The largest absolute Gasteiger partial charge is 0.435 e. The first-order chi connectivity index (χ1) is 15.2. The van der Waals surface area contributed by atoms with Crippen LogP contribution in [0, 0.1) is 19.8 Å². The molecule has 1 aliphatic carbocycles. The second kappa shape index (κ2) is 9.26. The quantitative estimate of drug-likeness (QED) is 0.450. The Kier molecular flexibility index (Phi) is 6.78. The molecule has 1 fully saturated rings. The molecule has 2 heterocycles. The summed E-state index contributed by atoms with van der Waals surface area (Å²) in [6.07, 6.45) is 0.747. The third-order valence-corrected chi connectivity index (χ3v) is 6.94. The highest BCUT2D eigenvalue weighted by molar-refractivity contribution is 6.33. The van der Waals surface area contributed by atoms with Crippen LogP contribution in [0.2, 0.25) is 5.02 Å². The van der Waals surface area contributed by atoms with Crippen molar-refractivity contribution in [3.8, 4) is 0 Å². The second-order valence-corrected chi connectivity index (χ2v) is 9.71. The number of fused-ring (bicyclic) bond motifs is 1. The SMILES string of the molecule is CCCN(Cc1c(C(F)(F)F)nc2n1CCCN2c1c(C)cc(C)cc1Cl)CC1CCC1. The van der Waals surface area contributed by atoms with Gasteiger partial charge in [0.25, 0.3) is 0 Å². The Balaban J connectivity index is 1.75. The van der Waals surface area contributed by atoms with Crippen LogP contribution in [0.15, 0.2) is 12.1 Å². The Labute approximate surface area is 193 Å². The second-order valence-electron chi connectivity index (χ2n) is 9.31. The van der Waals surface area contributed by atoms with Crippen molar-refractivity contribution in [3.63, 3.8) is 0 Å². The lowest BCUT2D eigenvalue weighted by Crippen LogP contribution is -2.35. The molecule has 4 nitrogen and oxygen atoms in total. The number of halogens is 4. The average Bonchev–Trinajstić information content (AvgIpc) is 3.04. The van der Waals surface area contributed by atoms with Crippen molar-refractivity contribution >= 4 is 23.2 Å². The minimum Gasteiger partial charge on any atom is -0.312 e. The van der Waals surface area contributed by atoms with Crippen LogP contribution >= 0.6 is 11.6 Å². The van der Waals surface area contributed by atoms with E-state index < -0.39 is 11.9 Å². The Hall–Kier alpha value is -1.73. The van der Waals surface area contributed by atoms with Gasteiger partial charge in [-0.1, -0.05) is 31.0 Å². The van der Waals surface area contributed by atoms with E-state index in [-0.39, 0.29) is 12.2 Å². The van der Waals surface area contributed by atoms with E-state index in [1.165, 1.54) is 19.3 Å². The van der Waals surface area contributed by atoms with Crippen molar-refractivity contribution in [2.24, 2.45) is 5.92 Å². The van der Waals surface area contributed by atoms with Gasteiger partial charge in [-0.25, -0.2) is 4.98 Å². The van der Waals surface area contributed by atoms with Gasteiger partial charge in [-0.05, 0) is 69.2 Å². The molecular formula is C24H32ClF3N4. The molecule has 1 aromatic heterocycles. The van der Waals surface area contributed by atoms with Crippen molar-refractivity contribution in [1.82, 2.24) is 14.5 Å². The van der Waals surface area contributed by atoms with Crippen LogP contribution in [-0.2, 0) is 19.3 Å². The molecule has 0 spiro atoms. The number of imidazole rings is 1. The zero-order valence-electron chi connectivity index (χ0n) is 19.1. The first-order valence-electron chi connectivity index (χ1n) is 11.6. The molecule has 1 aliphatic heterocycles. The predicted octanol–water partition coefficient (Wildman–Crippen LogP) is 6.73. The highest BCUT2D eigenvalue weighted by Crippen LogP contribution is 2.41. The molecule has 0 atom stereocenters. The first kappa shape index (κ1) is 23.4. The summed E-state index contributed by atoms with van der Waals surface area (Å²) >= 11 is 6.57. The van der Waals surface area contributed by atoms with E-state index in [2.05, 4.69) is 16.8 Å². The molecule has 2 aromatic rings. The molecule has 176 valence electrons. The molecule has 0 amide bonds. The van der Waals surface area contributed by atoms with Crippen molar-refractivity contribution in [2.45, 2.75) is 72.1 Å². The summed E-state index contributed by atoms with van der Waals surface area (Å²) in [7, 11) is 0. The Bertz CT molecular complexity index is 942. The molecule has 4 rings (SSSR count). The van der Waals surface area contributed by atoms with Crippen LogP contribution in [-0.4, -0.2) is 34.1 Å². The topological polar surface area (TPSA) is 24.3 Å². The van der Waals surface area contributed by atoms with E-state index in [0.29, 0.717) is 30.0 Å². The van der Waals surface area contributed by atoms with Crippen LogP contribution in [0.1, 0.15) is 61.5 Å². The number of nitrogens with zero attached hydrogens (tertiary/aromatic N) is 4. The predicted molar refractivity (Wildman–Crippen MR) is 123 cm³/mol. The monoisotopic (exact) mass is 468 g/mol. The lowest BCUT2D eigenvalue weighted by atomic mass is 9.85. The molecule has 2 aliphatic rings.